The van der Waals surface area contributed by atoms with Crippen molar-refractivity contribution in [3.05, 3.63) is 75.8 Å². The van der Waals surface area contributed by atoms with E-state index in [1.54, 1.807) is 18.3 Å². The summed E-state index contributed by atoms with van der Waals surface area (Å²) in [7, 11) is -0.895. The fourth-order valence-electron chi connectivity index (χ4n) is 2.78. The summed E-state index contributed by atoms with van der Waals surface area (Å²) in [5.41, 5.74) is 2.84. The molecule has 145 valence electrons. The van der Waals surface area contributed by atoms with Crippen LogP contribution in [0.2, 0.25) is 13.1 Å². The Bertz CT molecular complexity index is 1030. The molecule has 2 heterocycles. The van der Waals surface area contributed by atoms with Gasteiger partial charge in [-0.05, 0) is 54.4 Å². The van der Waals surface area contributed by atoms with Crippen LogP contribution < -0.4 is 9.99 Å². The minimum absolute atomic E-state index is 0.0554. The van der Waals surface area contributed by atoms with Crippen LogP contribution in [0.4, 0.5) is 0 Å². The Kier molecular flexibility index (Phi) is 5.70. The summed E-state index contributed by atoms with van der Waals surface area (Å²) in [6.07, 6.45) is 5.52. The van der Waals surface area contributed by atoms with Gasteiger partial charge in [0.05, 0.1) is 5.69 Å². The van der Waals surface area contributed by atoms with Crippen molar-refractivity contribution in [2.45, 2.75) is 39.3 Å². The number of benzene rings is 1. The van der Waals surface area contributed by atoms with Gasteiger partial charge < -0.3 is 4.43 Å². The van der Waals surface area contributed by atoms with Crippen LogP contribution in [0.15, 0.2) is 53.5 Å². The maximum absolute atomic E-state index is 12.3. The van der Waals surface area contributed by atoms with E-state index in [0.717, 1.165) is 11.3 Å². The molecule has 0 aliphatic rings. The molecule has 2 aromatic heterocycles. The van der Waals surface area contributed by atoms with Crippen LogP contribution in [0.25, 0.3) is 18.0 Å². The average Bonchev–Trinajstić information content (AvgIpc) is 3.01. The van der Waals surface area contributed by atoms with Crippen molar-refractivity contribution in [1.82, 2.24) is 14.8 Å². The van der Waals surface area contributed by atoms with Crippen molar-refractivity contribution >= 4 is 21.2 Å². The first-order valence-corrected chi connectivity index (χ1v) is 11.7. The number of nitrogens with one attached hydrogen (secondary N) is 1. The second-order valence-corrected chi connectivity index (χ2v) is 9.94. The van der Waals surface area contributed by atoms with Crippen molar-refractivity contribution in [3.63, 3.8) is 0 Å². The lowest BCUT2D eigenvalue weighted by Gasteiger charge is -2.21. The molecule has 0 atom stereocenters. The van der Waals surface area contributed by atoms with Gasteiger partial charge in [0.25, 0.3) is 14.6 Å². The summed E-state index contributed by atoms with van der Waals surface area (Å²) < 4.78 is 7.56. The van der Waals surface area contributed by atoms with Crippen molar-refractivity contribution in [2.75, 3.05) is 0 Å². The molecule has 0 bridgehead atoms. The van der Waals surface area contributed by atoms with Crippen LogP contribution in [-0.2, 0) is 5.41 Å². The van der Waals surface area contributed by atoms with E-state index in [-0.39, 0.29) is 11.0 Å². The minimum Gasteiger partial charge on any atom is -0.542 e. The zero-order chi connectivity index (χ0) is 20.3. The summed E-state index contributed by atoms with van der Waals surface area (Å²) in [6, 6.07) is 13.3. The van der Waals surface area contributed by atoms with Crippen LogP contribution in [0, 0.1) is 0 Å². The lowest BCUT2D eigenvalue weighted by Crippen LogP contribution is -2.15. The molecular formula is C22H26N3O2Si. The van der Waals surface area contributed by atoms with E-state index in [1.807, 2.05) is 24.3 Å². The summed E-state index contributed by atoms with van der Waals surface area (Å²) in [5, 5.41) is 3.08. The fourth-order valence-corrected chi connectivity index (χ4v) is 3.40. The fraction of sp³-hybridized carbons (Fsp3) is 0.273. The average molecular weight is 393 g/mol. The van der Waals surface area contributed by atoms with Crippen LogP contribution in [0.3, 0.4) is 0 Å². The Hall–Kier alpha value is -2.86. The van der Waals surface area contributed by atoms with Crippen molar-refractivity contribution in [1.29, 1.82) is 0 Å². The number of aromatic amines is 1. The van der Waals surface area contributed by atoms with Gasteiger partial charge in [-0.2, -0.15) is 0 Å². The first-order valence-electron chi connectivity index (χ1n) is 9.28. The molecule has 3 aromatic rings. The third-order valence-corrected chi connectivity index (χ3v) is 4.88. The Morgan fingerprint density at radius 3 is 2.54 bits per heavy atom. The number of hydrogen-bond donors (Lipinski definition) is 1. The first kappa shape index (κ1) is 19.9. The highest BCUT2D eigenvalue weighted by Gasteiger charge is 2.16. The molecule has 0 amide bonds. The second kappa shape index (κ2) is 8.02. The number of aromatic nitrogens is 3. The van der Waals surface area contributed by atoms with Gasteiger partial charge in [0, 0.05) is 17.8 Å². The first-order chi connectivity index (χ1) is 13.2. The normalized spacial score (nSPS) is 12.1. The van der Waals surface area contributed by atoms with Crippen LogP contribution in [0.1, 0.15) is 37.6 Å². The van der Waals surface area contributed by atoms with E-state index in [0.29, 0.717) is 11.5 Å². The van der Waals surface area contributed by atoms with Crippen LogP contribution >= 0.6 is 0 Å². The van der Waals surface area contributed by atoms with Gasteiger partial charge in [-0.15, -0.1) is 0 Å². The van der Waals surface area contributed by atoms with Gasteiger partial charge in [-0.1, -0.05) is 39.0 Å². The number of hydrogen-bond acceptors (Lipinski definition) is 3. The molecule has 0 saturated carbocycles. The topological polar surface area (TPSA) is 59.9 Å². The molecule has 1 radical (unpaired) electrons. The standard InChI is InChI=1S/C22H26N3O2Si/c1-22(2,3)17-11-9-16(19(14-17)27-28(4)5)10-12-18-15-21(26)25(24-18)20-8-6-7-13-23-20/h6-15,24H,1-5H3/b12-10+. The van der Waals surface area contributed by atoms with Crippen molar-refractivity contribution < 1.29 is 4.43 Å². The largest absolute Gasteiger partial charge is 0.542 e. The number of pyridine rings is 1. The van der Waals surface area contributed by atoms with E-state index >= 15 is 0 Å². The molecule has 0 unspecified atom stereocenters. The second-order valence-electron chi connectivity index (χ2n) is 7.92. The Morgan fingerprint density at radius 2 is 1.89 bits per heavy atom. The van der Waals surface area contributed by atoms with Gasteiger partial charge in [0.1, 0.15) is 5.75 Å². The Balaban J connectivity index is 1.93. The predicted molar refractivity (Wildman–Crippen MR) is 116 cm³/mol. The summed E-state index contributed by atoms with van der Waals surface area (Å²) in [5.74, 6) is 1.45. The van der Waals surface area contributed by atoms with Crippen LogP contribution in [-0.4, -0.2) is 23.8 Å². The molecule has 5 nitrogen and oxygen atoms in total. The maximum Gasteiger partial charge on any atom is 0.274 e. The summed E-state index contributed by atoms with van der Waals surface area (Å²) in [4.78, 5) is 16.5. The number of H-pyrrole nitrogens is 1. The highest BCUT2D eigenvalue weighted by Crippen LogP contribution is 2.30. The van der Waals surface area contributed by atoms with Crippen LogP contribution in [0.5, 0.6) is 5.75 Å². The number of nitrogens with zero attached hydrogens (tertiary/aromatic N) is 2. The molecule has 0 aliphatic carbocycles. The highest BCUT2D eigenvalue weighted by atomic mass is 28.3. The predicted octanol–water partition coefficient (Wildman–Crippen LogP) is 4.66. The summed E-state index contributed by atoms with van der Waals surface area (Å²) in [6.45, 7) is 10.8. The highest BCUT2D eigenvalue weighted by molar-refractivity contribution is 6.49. The molecule has 0 fully saturated rings. The van der Waals surface area contributed by atoms with Gasteiger partial charge in [-0.25, -0.2) is 9.67 Å². The van der Waals surface area contributed by atoms with Gasteiger partial charge in [-0.3, -0.25) is 9.89 Å². The Morgan fingerprint density at radius 1 is 1.11 bits per heavy atom. The van der Waals surface area contributed by atoms with E-state index in [9.17, 15) is 4.79 Å². The maximum atomic E-state index is 12.3. The molecule has 28 heavy (non-hydrogen) atoms. The van der Waals surface area contributed by atoms with Gasteiger partial charge in [0.15, 0.2) is 5.82 Å². The van der Waals surface area contributed by atoms with E-state index in [2.05, 4.69) is 62.1 Å². The molecule has 1 aromatic carbocycles. The van der Waals surface area contributed by atoms with E-state index in [4.69, 9.17) is 4.43 Å². The lowest BCUT2D eigenvalue weighted by molar-refractivity contribution is 0.559. The van der Waals surface area contributed by atoms with Gasteiger partial charge in [0.2, 0.25) is 0 Å². The minimum atomic E-state index is -0.895. The lowest BCUT2D eigenvalue weighted by atomic mass is 9.86. The molecule has 3 rings (SSSR count). The number of rotatable bonds is 5. The van der Waals surface area contributed by atoms with Crippen molar-refractivity contribution in [2.24, 2.45) is 0 Å². The van der Waals surface area contributed by atoms with Crippen molar-refractivity contribution in [3.8, 4) is 11.6 Å². The smallest absolute Gasteiger partial charge is 0.274 e. The monoisotopic (exact) mass is 392 g/mol. The molecule has 6 heteroatoms. The molecule has 1 N–H and O–H groups in total. The Labute approximate surface area is 167 Å². The third-order valence-electron chi connectivity index (χ3n) is 4.25. The van der Waals surface area contributed by atoms with Gasteiger partial charge >= 0.3 is 0 Å². The third kappa shape index (κ3) is 4.70. The molecule has 0 saturated heterocycles. The molecule has 0 aliphatic heterocycles. The quantitative estimate of drug-likeness (QED) is 0.643. The SMILES string of the molecule is C[Si](C)Oc1cc(C(C)(C)C)ccc1/C=C/c1cc(=O)n(-c2ccccn2)[nH]1. The zero-order valence-corrected chi connectivity index (χ0v) is 18.0. The molecule has 0 spiro atoms. The summed E-state index contributed by atoms with van der Waals surface area (Å²) >= 11 is 0. The molecular weight excluding hydrogens is 366 g/mol. The van der Waals surface area contributed by atoms with E-state index < -0.39 is 9.04 Å². The van der Waals surface area contributed by atoms with E-state index in [1.165, 1.54) is 10.2 Å². The zero-order valence-electron chi connectivity index (χ0n) is 17.0.